The Balaban J connectivity index is 2.05. The van der Waals surface area contributed by atoms with Crippen molar-refractivity contribution in [3.63, 3.8) is 0 Å². The van der Waals surface area contributed by atoms with Gasteiger partial charge in [0.25, 0.3) is 11.5 Å². The zero-order valence-electron chi connectivity index (χ0n) is 22.6. The number of benzene rings is 2. The highest BCUT2D eigenvalue weighted by Crippen LogP contribution is 2.38. The first-order valence-corrected chi connectivity index (χ1v) is 13.9. The van der Waals surface area contributed by atoms with Crippen LogP contribution in [0.15, 0.2) is 55.9 Å². The van der Waals surface area contributed by atoms with Crippen molar-refractivity contribution in [2.75, 3.05) is 34.4 Å². The number of allylic oxidation sites excluding steroid dienone is 1. The van der Waals surface area contributed by atoms with E-state index < -0.39 is 6.04 Å². The van der Waals surface area contributed by atoms with E-state index in [0.717, 1.165) is 0 Å². The first kappa shape index (κ1) is 28.4. The molecule has 0 radical (unpaired) electrons. The molecule has 39 heavy (non-hydrogen) atoms. The number of thiazole rings is 1. The molecule has 1 atom stereocenters. The molecule has 0 fully saturated rings. The molecule has 4 rings (SSSR count). The lowest BCUT2D eigenvalue weighted by molar-refractivity contribution is -0.127. The highest BCUT2D eigenvalue weighted by molar-refractivity contribution is 9.10. The number of likely N-dealkylation sites (N-methyl/N-ethyl adjacent to an activating group) is 1. The minimum absolute atomic E-state index is 0.0915. The van der Waals surface area contributed by atoms with Crippen LogP contribution in [0.4, 0.5) is 0 Å². The van der Waals surface area contributed by atoms with E-state index in [9.17, 15) is 14.7 Å². The number of fused-ring (bicyclic) bond motifs is 1. The summed E-state index contributed by atoms with van der Waals surface area (Å²) in [5.41, 5.74) is 1.54. The summed E-state index contributed by atoms with van der Waals surface area (Å²) in [6, 6.07) is 7.81. The van der Waals surface area contributed by atoms with Crippen LogP contribution in [0.5, 0.6) is 23.0 Å². The fourth-order valence-corrected chi connectivity index (χ4v) is 6.12. The van der Waals surface area contributed by atoms with Crippen LogP contribution in [0, 0.1) is 0 Å². The quantitative estimate of drug-likeness (QED) is 0.415. The van der Waals surface area contributed by atoms with E-state index in [1.54, 1.807) is 62.5 Å². The number of phenols is 1. The number of amides is 1. The monoisotopic (exact) mass is 615 g/mol. The largest absolute Gasteiger partial charge is 0.504 e. The predicted molar refractivity (Wildman–Crippen MR) is 154 cm³/mol. The Morgan fingerprint density at radius 2 is 1.82 bits per heavy atom. The van der Waals surface area contributed by atoms with Crippen LogP contribution in [0.25, 0.3) is 6.08 Å². The molecule has 0 saturated heterocycles. The predicted octanol–water partition coefficient (Wildman–Crippen LogP) is 3.60. The molecule has 0 aliphatic carbocycles. The van der Waals surface area contributed by atoms with Gasteiger partial charge in [0.1, 0.15) is 17.5 Å². The zero-order valence-corrected chi connectivity index (χ0v) is 25.0. The van der Waals surface area contributed by atoms with Crippen molar-refractivity contribution in [2.45, 2.75) is 26.8 Å². The van der Waals surface area contributed by atoms with Gasteiger partial charge in [0.15, 0.2) is 16.3 Å². The van der Waals surface area contributed by atoms with Crippen LogP contribution in [0.2, 0.25) is 0 Å². The van der Waals surface area contributed by atoms with Gasteiger partial charge in [-0.3, -0.25) is 14.2 Å². The Bertz CT molecular complexity index is 1640. The lowest BCUT2D eigenvalue weighted by Crippen LogP contribution is -2.43. The second-order valence-electron chi connectivity index (χ2n) is 8.71. The lowest BCUT2D eigenvalue weighted by atomic mass is 9.93. The maximum atomic E-state index is 14.0. The van der Waals surface area contributed by atoms with Crippen LogP contribution in [0.1, 0.15) is 37.9 Å². The molecule has 0 saturated carbocycles. The standard InChI is InChI=1S/C28H30BrN3O6S/c1-7-31(8-2)27(35)23-15(3)30-28-32(24(23)19-14-18(36-4)9-10-20(19)37-5)26(34)22(39-28)12-16-11-17(29)13-21(38-6)25(16)33/h9-14,24,33H,7-8H2,1-6H3/b22-12+/t24-/m0/s1. The van der Waals surface area contributed by atoms with Crippen molar-refractivity contribution in [1.82, 2.24) is 9.47 Å². The number of aromatic hydroxyl groups is 1. The molecule has 1 aliphatic heterocycles. The number of nitrogens with zero attached hydrogens (tertiary/aromatic N) is 3. The van der Waals surface area contributed by atoms with Gasteiger partial charge in [-0.25, -0.2) is 4.99 Å². The number of carbonyl (C=O) groups excluding carboxylic acids is 1. The molecule has 3 aromatic rings. The molecule has 206 valence electrons. The first-order chi connectivity index (χ1) is 18.7. The molecule has 0 unspecified atom stereocenters. The summed E-state index contributed by atoms with van der Waals surface area (Å²) in [6.45, 7) is 6.60. The molecule has 11 heteroatoms. The number of hydrogen-bond acceptors (Lipinski definition) is 8. The van der Waals surface area contributed by atoms with Gasteiger partial charge in [0, 0.05) is 28.7 Å². The number of hydrogen-bond donors (Lipinski definition) is 1. The Kier molecular flexibility index (Phi) is 8.51. The number of phenolic OH excluding ortho intramolecular Hbond substituents is 1. The average Bonchev–Trinajstić information content (AvgIpc) is 3.23. The molecule has 0 spiro atoms. The second kappa shape index (κ2) is 11.7. The fraction of sp³-hybridized carbons (Fsp3) is 0.321. The summed E-state index contributed by atoms with van der Waals surface area (Å²) in [7, 11) is 4.55. The zero-order chi connectivity index (χ0) is 28.4. The van der Waals surface area contributed by atoms with Crippen LogP contribution in [-0.2, 0) is 4.79 Å². The Morgan fingerprint density at radius 1 is 1.13 bits per heavy atom. The van der Waals surface area contributed by atoms with Crippen molar-refractivity contribution < 1.29 is 24.1 Å². The summed E-state index contributed by atoms with van der Waals surface area (Å²) >= 11 is 4.59. The van der Waals surface area contributed by atoms with Gasteiger partial charge in [-0.15, -0.1) is 0 Å². The number of carbonyl (C=O) groups is 1. The third kappa shape index (κ3) is 5.20. The molecular weight excluding hydrogens is 586 g/mol. The summed E-state index contributed by atoms with van der Waals surface area (Å²) in [5, 5.41) is 10.7. The summed E-state index contributed by atoms with van der Waals surface area (Å²) in [5.74, 6) is 1.03. The molecule has 0 bridgehead atoms. The topological polar surface area (TPSA) is 103 Å². The first-order valence-electron chi connectivity index (χ1n) is 12.3. The number of rotatable bonds is 8. The Labute approximate surface area is 238 Å². The van der Waals surface area contributed by atoms with Crippen LogP contribution in [0.3, 0.4) is 0 Å². The minimum atomic E-state index is -0.813. The highest BCUT2D eigenvalue weighted by Gasteiger charge is 2.36. The van der Waals surface area contributed by atoms with Gasteiger partial charge in [-0.05, 0) is 57.2 Å². The third-order valence-electron chi connectivity index (χ3n) is 6.61. The third-order valence-corrected chi connectivity index (χ3v) is 8.05. The normalized spacial score (nSPS) is 15.1. The highest BCUT2D eigenvalue weighted by atomic mass is 79.9. The van der Waals surface area contributed by atoms with Crippen LogP contribution >= 0.6 is 27.3 Å². The summed E-state index contributed by atoms with van der Waals surface area (Å²) < 4.78 is 19.0. The second-order valence-corrected chi connectivity index (χ2v) is 10.6. The van der Waals surface area contributed by atoms with Crippen molar-refractivity contribution in [3.8, 4) is 23.0 Å². The molecular formula is C28H30BrN3O6S. The van der Waals surface area contributed by atoms with Gasteiger partial charge in [0.05, 0.1) is 37.1 Å². The van der Waals surface area contributed by atoms with E-state index in [4.69, 9.17) is 19.2 Å². The summed E-state index contributed by atoms with van der Waals surface area (Å²) in [6.07, 6.45) is 1.59. The Morgan fingerprint density at radius 3 is 2.44 bits per heavy atom. The molecule has 2 aromatic carbocycles. The molecule has 2 heterocycles. The Hall–Kier alpha value is -3.57. The van der Waals surface area contributed by atoms with E-state index in [-0.39, 0.29) is 23.0 Å². The van der Waals surface area contributed by atoms with Gasteiger partial charge in [-0.2, -0.15) is 0 Å². The molecule has 1 aliphatic rings. The van der Waals surface area contributed by atoms with Crippen molar-refractivity contribution in [2.24, 2.45) is 4.99 Å². The molecule has 1 N–H and O–H groups in total. The lowest BCUT2D eigenvalue weighted by Gasteiger charge is -2.30. The van der Waals surface area contributed by atoms with E-state index >= 15 is 0 Å². The van der Waals surface area contributed by atoms with Crippen molar-refractivity contribution in [1.29, 1.82) is 0 Å². The number of halogens is 1. The van der Waals surface area contributed by atoms with Crippen molar-refractivity contribution >= 4 is 39.2 Å². The van der Waals surface area contributed by atoms with Crippen molar-refractivity contribution in [3.05, 3.63) is 76.9 Å². The molecule has 1 amide bonds. The fourth-order valence-electron chi connectivity index (χ4n) is 4.62. The number of methoxy groups -OCH3 is 3. The smallest absolute Gasteiger partial charge is 0.271 e. The maximum absolute atomic E-state index is 14.0. The van der Waals surface area contributed by atoms with E-state index in [1.807, 2.05) is 13.8 Å². The molecule has 9 nitrogen and oxygen atoms in total. The van der Waals surface area contributed by atoms with E-state index in [2.05, 4.69) is 15.9 Å². The van der Waals surface area contributed by atoms with E-state index in [0.29, 0.717) is 60.8 Å². The van der Waals surface area contributed by atoms with Crippen LogP contribution in [-0.4, -0.2) is 54.9 Å². The average molecular weight is 617 g/mol. The van der Waals surface area contributed by atoms with E-state index in [1.165, 1.54) is 23.0 Å². The maximum Gasteiger partial charge on any atom is 0.271 e. The van der Waals surface area contributed by atoms with Gasteiger partial charge in [-0.1, -0.05) is 27.3 Å². The summed E-state index contributed by atoms with van der Waals surface area (Å²) in [4.78, 5) is 34.7. The minimum Gasteiger partial charge on any atom is -0.504 e. The number of aromatic nitrogens is 1. The van der Waals surface area contributed by atoms with Gasteiger partial charge < -0.3 is 24.2 Å². The van der Waals surface area contributed by atoms with Gasteiger partial charge in [0.2, 0.25) is 0 Å². The SMILES string of the molecule is CCN(CC)C(=O)C1=C(C)N=c2s/c(=C/c3cc(Br)cc(OC)c3O)c(=O)n2[C@H]1c1cc(OC)ccc1OC. The van der Waals surface area contributed by atoms with Crippen LogP contribution < -0.4 is 29.1 Å². The number of ether oxygens (including phenoxy) is 3. The molecule has 1 aromatic heterocycles. The van der Waals surface area contributed by atoms with Gasteiger partial charge >= 0.3 is 0 Å².